The summed E-state index contributed by atoms with van der Waals surface area (Å²) in [6.45, 7) is 0.962. The van der Waals surface area contributed by atoms with Crippen molar-refractivity contribution in [1.29, 1.82) is 0 Å². The SMILES string of the molecule is Nc1cc2c(cc1NC(=O)c1sccc1Cl)OCCO2. The Bertz CT molecular complexity index is 672. The van der Waals surface area contributed by atoms with Crippen molar-refractivity contribution in [3.8, 4) is 11.5 Å². The first-order chi connectivity index (χ1) is 9.65. The van der Waals surface area contributed by atoms with Gasteiger partial charge in [-0.05, 0) is 11.4 Å². The van der Waals surface area contributed by atoms with Gasteiger partial charge in [-0.25, -0.2) is 0 Å². The lowest BCUT2D eigenvalue weighted by Crippen LogP contribution is -2.17. The number of hydrogen-bond acceptors (Lipinski definition) is 5. The molecule has 1 aliphatic heterocycles. The lowest BCUT2D eigenvalue weighted by molar-refractivity contribution is 0.103. The largest absolute Gasteiger partial charge is 0.486 e. The van der Waals surface area contributed by atoms with Crippen LogP contribution in [0.3, 0.4) is 0 Å². The molecule has 0 atom stereocenters. The maximum atomic E-state index is 12.1. The molecule has 1 aromatic carbocycles. The summed E-state index contributed by atoms with van der Waals surface area (Å²) in [6, 6.07) is 4.97. The highest BCUT2D eigenvalue weighted by Crippen LogP contribution is 2.37. The van der Waals surface area contributed by atoms with Gasteiger partial charge in [0.05, 0.1) is 16.4 Å². The second-order valence-corrected chi connectivity index (χ2v) is 5.46. The van der Waals surface area contributed by atoms with E-state index in [2.05, 4.69) is 5.32 Å². The Morgan fingerprint density at radius 3 is 2.65 bits per heavy atom. The lowest BCUT2D eigenvalue weighted by atomic mass is 10.2. The quantitative estimate of drug-likeness (QED) is 0.836. The standard InChI is InChI=1S/C13H11ClN2O3S/c14-7-1-4-20-12(7)13(17)16-9-6-11-10(5-8(9)15)18-2-3-19-11/h1,4-6H,2-3,15H2,(H,16,17). The van der Waals surface area contributed by atoms with Crippen LogP contribution in [0.25, 0.3) is 0 Å². The van der Waals surface area contributed by atoms with Crippen molar-refractivity contribution in [2.24, 2.45) is 0 Å². The number of carbonyl (C=O) groups excluding carboxylic acids is 1. The number of rotatable bonds is 2. The van der Waals surface area contributed by atoms with E-state index in [0.29, 0.717) is 46.0 Å². The molecule has 1 aromatic heterocycles. The van der Waals surface area contributed by atoms with Gasteiger partial charge in [0, 0.05) is 12.1 Å². The van der Waals surface area contributed by atoms with E-state index < -0.39 is 0 Å². The van der Waals surface area contributed by atoms with Gasteiger partial charge in [-0.3, -0.25) is 4.79 Å². The summed E-state index contributed by atoms with van der Waals surface area (Å²) in [7, 11) is 0. The summed E-state index contributed by atoms with van der Waals surface area (Å²) >= 11 is 7.20. The van der Waals surface area contributed by atoms with Crippen molar-refractivity contribution in [3.05, 3.63) is 33.5 Å². The van der Waals surface area contributed by atoms with Crippen molar-refractivity contribution in [2.45, 2.75) is 0 Å². The third-order valence-corrected chi connectivity index (χ3v) is 4.13. The van der Waals surface area contributed by atoms with Gasteiger partial charge in [-0.2, -0.15) is 0 Å². The van der Waals surface area contributed by atoms with Gasteiger partial charge >= 0.3 is 0 Å². The Morgan fingerprint density at radius 2 is 2.00 bits per heavy atom. The van der Waals surface area contributed by atoms with E-state index in [1.165, 1.54) is 11.3 Å². The van der Waals surface area contributed by atoms with Crippen LogP contribution in [-0.4, -0.2) is 19.1 Å². The molecule has 0 fully saturated rings. The third-order valence-electron chi connectivity index (χ3n) is 2.79. The van der Waals surface area contributed by atoms with Crippen LogP contribution in [0.1, 0.15) is 9.67 Å². The predicted molar refractivity (Wildman–Crippen MR) is 79.1 cm³/mol. The van der Waals surface area contributed by atoms with E-state index in [1.807, 2.05) is 0 Å². The first-order valence-electron chi connectivity index (χ1n) is 5.88. The van der Waals surface area contributed by atoms with Crippen LogP contribution in [0, 0.1) is 0 Å². The number of fused-ring (bicyclic) bond motifs is 1. The van der Waals surface area contributed by atoms with Crippen LogP contribution < -0.4 is 20.5 Å². The van der Waals surface area contributed by atoms with Crippen molar-refractivity contribution < 1.29 is 14.3 Å². The Kier molecular flexibility index (Phi) is 3.42. The number of anilines is 2. The van der Waals surface area contributed by atoms with E-state index in [9.17, 15) is 4.79 Å². The Hall–Kier alpha value is -1.92. The topological polar surface area (TPSA) is 73.6 Å². The molecule has 3 N–H and O–H groups in total. The smallest absolute Gasteiger partial charge is 0.267 e. The van der Waals surface area contributed by atoms with Gasteiger partial charge in [0.2, 0.25) is 0 Å². The lowest BCUT2D eigenvalue weighted by Gasteiger charge is -2.20. The summed E-state index contributed by atoms with van der Waals surface area (Å²) in [5.41, 5.74) is 6.79. The zero-order valence-corrected chi connectivity index (χ0v) is 11.9. The molecule has 0 saturated carbocycles. The molecule has 1 aliphatic rings. The second-order valence-electron chi connectivity index (χ2n) is 4.13. The van der Waals surface area contributed by atoms with Gasteiger partial charge in [0.15, 0.2) is 11.5 Å². The van der Waals surface area contributed by atoms with E-state index in [4.69, 9.17) is 26.8 Å². The molecule has 0 aliphatic carbocycles. The van der Waals surface area contributed by atoms with E-state index in [1.54, 1.807) is 23.6 Å². The van der Waals surface area contributed by atoms with E-state index in [-0.39, 0.29) is 5.91 Å². The minimum Gasteiger partial charge on any atom is -0.486 e. The molecule has 1 amide bonds. The number of hydrogen-bond donors (Lipinski definition) is 2. The molecule has 0 unspecified atom stereocenters. The first kappa shape index (κ1) is 13.1. The average Bonchev–Trinajstić information content (AvgIpc) is 2.86. The van der Waals surface area contributed by atoms with E-state index >= 15 is 0 Å². The molecule has 0 radical (unpaired) electrons. The van der Waals surface area contributed by atoms with Crippen LogP contribution in [0.2, 0.25) is 5.02 Å². The average molecular weight is 311 g/mol. The predicted octanol–water partition coefficient (Wildman–Crippen LogP) is 3.01. The summed E-state index contributed by atoms with van der Waals surface area (Å²) < 4.78 is 10.9. The monoisotopic (exact) mass is 310 g/mol. The Morgan fingerprint density at radius 1 is 1.30 bits per heavy atom. The van der Waals surface area contributed by atoms with Crippen molar-refractivity contribution >= 4 is 40.2 Å². The molecule has 2 heterocycles. The maximum Gasteiger partial charge on any atom is 0.267 e. The maximum absolute atomic E-state index is 12.1. The molecular weight excluding hydrogens is 300 g/mol. The highest BCUT2D eigenvalue weighted by atomic mass is 35.5. The van der Waals surface area contributed by atoms with Gasteiger partial charge in [-0.1, -0.05) is 11.6 Å². The molecule has 7 heteroatoms. The molecule has 0 saturated heterocycles. The minimum absolute atomic E-state index is 0.298. The number of halogens is 1. The van der Waals surface area contributed by atoms with Crippen molar-refractivity contribution in [1.82, 2.24) is 0 Å². The number of amides is 1. The Balaban J connectivity index is 1.87. The van der Waals surface area contributed by atoms with Gasteiger partial charge in [0.25, 0.3) is 5.91 Å². The summed E-state index contributed by atoms with van der Waals surface area (Å²) in [5, 5.41) is 4.90. The summed E-state index contributed by atoms with van der Waals surface area (Å²) in [5.74, 6) is 0.854. The number of nitrogen functional groups attached to an aromatic ring is 1. The van der Waals surface area contributed by atoms with Crippen LogP contribution in [0.15, 0.2) is 23.6 Å². The number of ether oxygens (including phenoxy) is 2. The van der Waals surface area contributed by atoms with Crippen LogP contribution >= 0.6 is 22.9 Å². The summed E-state index contributed by atoms with van der Waals surface area (Å²) in [4.78, 5) is 12.5. The number of carbonyl (C=O) groups is 1. The number of thiophene rings is 1. The van der Waals surface area contributed by atoms with Crippen LogP contribution in [0.4, 0.5) is 11.4 Å². The molecule has 20 heavy (non-hydrogen) atoms. The van der Waals surface area contributed by atoms with Gasteiger partial charge < -0.3 is 20.5 Å². The zero-order valence-electron chi connectivity index (χ0n) is 10.3. The fourth-order valence-corrected chi connectivity index (χ4v) is 2.88. The van der Waals surface area contributed by atoms with Gasteiger partial charge in [0.1, 0.15) is 18.1 Å². The zero-order chi connectivity index (χ0) is 14.1. The number of benzene rings is 1. The fourth-order valence-electron chi connectivity index (χ4n) is 1.85. The second kappa shape index (κ2) is 5.22. The molecule has 104 valence electrons. The first-order valence-corrected chi connectivity index (χ1v) is 7.14. The van der Waals surface area contributed by atoms with Crippen molar-refractivity contribution in [3.63, 3.8) is 0 Å². The minimum atomic E-state index is -0.298. The number of nitrogens with two attached hydrogens (primary N) is 1. The highest BCUT2D eigenvalue weighted by molar-refractivity contribution is 7.12. The number of nitrogens with one attached hydrogen (secondary N) is 1. The Labute approximate surface area is 124 Å². The van der Waals surface area contributed by atoms with E-state index in [0.717, 1.165) is 0 Å². The van der Waals surface area contributed by atoms with Crippen LogP contribution in [0.5, 0.6) is 11.5 Å². The van der Waals surface area contributed by atoms with Crippen molar-refractivity contribution in [2.75, 3.05) is 24.3 Å². The molecule has 3 rings (SSSR count). The molecular formula is C13H11ClN2O3S. The molecule has 2 aromatic rings. The highest BCUT2D eigenvalue weighted by Gasteiger charge is 2.18. The molecule has 5 nitrogen and oxygen atoms in total. The third kappa shape index (κ3) is 2.39. The molecule has 0 bridgehead atoms. The normalized spacial score (nSPS) is 13.1. The van der Waals surface area contributed by atoms with Crippen LogP contribution in [-0.2, 0) is 0 Å². The summed E-state index contributed by atoms with van der Waals surface area (Å²) in [6.07, 6.45) is 0. The fraction of sp³-hybridized carbons (Fsp3) is 0.154. The molecule has 0 spiro atoms. The van der Waals surface area contributed by atoms with Gasteiger partial charge in [-0.15, -0.1) is 11.3 Å².